The first kappa shape index (κ1) is 18.7. The molecular weight excluding hydrogens is 368 g/mol. The van der Waals surface area contributed by atoms with Crippen LogP contribution in [-0.2, 0) is 11.3 Å². The first-order valence-electron chi connectivity index (χ1n) is 9.62. The largest absolute Gasteiger partial charge is 0.497 e. The van der Waals surface area contributed by atoms with Crippen molar-refractivity contribution in [2.75, 3.05) is 33.3 Å². The first-order valence-corrected chi connectivity index (χ1v) is 10.5. The lowest BCUT2D eigenvalue weighted by atomic mass is 10.1. The van der Waals surface area contributed by atoms with E-state index in [0.29, 0.717) is 0 Å². The second-order valence-corrected chi connectivity index (χ2v) is 8.17. The fourth-order valence-electron chi connectivity index (χ4n) is 3.63. The fraction of sp³-hybridized carbons (Fsp3) is 0.261. The zero-order chi connectivity index (χ0) is 19.3. The lowest BCUT2D eigenvalue weighted by Gasteiger charge is -2.31. The third kappa shape index (κ3) is 4.43. The summed E-state index contributed by atoms with van der Waals surface area (Å²) in [5.74, 6) is 0.955. The summed E-state index contributed by atoms with van der Waals surface area (Å²) in [6.07, 6.45) is 3.62. The molecule has 1 aromatic heterocycles. The van der Waals surface area contributed by atoms with Gasteiger partial charge in [0.15, 0.2) is 0 Å². The number of nitrogens with one attached hydrogen (secondary N) is 1. The summed E-state index contributed by atoms with van der Waals surface area (Å²) in [4.78, 5) is 17.5. The maximum absolute atomic E-state index is 12.6. The van der Waals surface area contributed by atoms with Crippen LogP contribution >= 0.6 is 11.3 Å². The van der Waals surface area contributed by atoms with Gasteiger partial charge in [0, 0.05) is 6.08 Å². The monoisotopic (exact) mass is 393 g/mol. The molecule has 4 nitrogen and oxygen atoms in total. The van der Waals surface area contributed by atoms with E-state index in [-0.39, 0.29) is 5.91 Å². The van der Waals surface area contributed by atoms with Crippen molar-refractivity contribution in [3.8, 4) is 5.75 Å². The molecule has 5 heteroatoms. The summed E-state index contributed by atoms with van der Waals surface area (Å²) in [7, 11) is 1.67. The van der Waals surface area contributed by atoms with Crippen LogP contribution in [0.1, 0.15) is 10.4 Å². The summed E-state index contributed by atoms with van der Waals surface area (Å²) < 4.78 is 5.27. The number of carbonyl (C=O) groups excluding carboxylic acids is 1. The zero-order valence-electron chi connectivity index (χ0n) is 16.1. The van der Waals surface area contributed by atoms with Gasteiger partial charge in [0.25, 0.3) is 0 Å². The summed E-state index contributed by atoms with van der Waals surface area (Å²) in [5.41, 5.74) is 1.04. The number of ether oxygens (including phenoxy) is 1. The lowest BCUT2D eigenvalue weighted by Crippen LogP contribution is -3.13. The van der Waals surface area contributed by atoms with E-state index in [4.69, 9.17) is 4.74 Å². The molecule has 28 heavy (non-hydrogen) atoms. The number of rotatable bonds is 5. The normalized spacial score (nSPS) is 15.4. The summed E-state index contributed by atoms with van der Waals surface area (Å²) >= 11 is 1.81. The predicted molar refractivity (Wildman–Crippen MR) is 115 cm³/mol. The molecule has 1 saturated heterocycles. The number of fused-ring (bicyclic) bond motifs is 1. The van der Waals surface area contributed by atoms with Gasteiger partial charge in [-0.2, -0.15) is 0 Å². The number of amides is 1. The van der Waals surface area contributed by atoms with Crippen molar-refractivity contribution in [3.05, 3.63) is 70.4 Å². The van der Waals surface area contributed by atoms with E-state index in [1.165, 1.54) is 4.88 Å². The molecule has 0 unspecified atom stereocenters. The van der Waals surface area contributed by atoms with Gasteiger partial charge in [0.2, 0.25) is 5.91 Å². The average molecular weight is 394 g/mol. The third-order valence-electron chi connectivity index (χ3n) is 5.28. The third-order valence-corrected chi connectivity index (χ3v) is 6.15. The lowest BCUT2D eigenvalue weighted by molar-refractivity contribution is -0.917. The molecular formula is C23H25N2O2S+. The average Bonchev–Trinajstić information content (AvgIpc) is 3.25. The van der Waals surface area contributed by atoms with Crippen LogP contribution in [-0.4, -0.2) is 44.1 Å². The van der Waals surface area contributed by atoms with Gasteiger partial charge < -0.3 is 14.5 Å². The number of nitrogens with zero attached hydrogens (tertiary/aromatic N) is 1. The Morgan fingerprint density at radius 3 is 2.68 bits per heavy atom. The minimum absolute atomic E-state index is 0.102. The molecule has 2 heterocycles. The van der Waals surface area contributed by atoms with Crippen molar-refractivity contribution in [1.29, 1.82) is 0 Å². The number of thiophene rings is 1. The molecule has 1 aliphatic heterocycles. The minimum Gasteiger partial charge on any atom is -0.497 e. The van der Waals surface area contributed by atoms with Crippen LogP contribution in [0.5, 0.6) is 5.75 Å². The Hall–Kier alpha value is -2.63. The van der Waals surface area contributed by atoms with Gasteiger partial charge in [-0.25, -0.2) is 0 Å². The minimum atomic E-state index is 0.102. The Morgan fingerprint density at radius 2 is 1.93 bits per heavy atom. The maximum Gasteiger partial charge on any atom is 0.246 e. The van der Waals surface area contributed by atoms with E-state index in [1.54, 1.807) is 18.1 Å². The van der Waals surface area contributed by atoms with Crippen LogP contribution in [0.15, 0.2) is 60.0 Å². The van der Waals surface area contributed by atoms with E-state index >= 15 is 0 Å². The van der Waals surface area contributed by atoms with Crippen LogP contribution in [0.2, 0.25) is 0 Å². The summed E-state index contributed by atoms with van der Waals surface area (Å²) in [6.45, 7) is 4.73. The van der Waals surface area contributed by atoms with Crippen molar-refractivity contribution >= 4 is 34.1 Å². The second kappa shape index (κ2) is 8.59. The van der Waals surface area contributed by atoms with Crippen LogP contribution in [0.3, 0.4) is 0 Å². The van der Waals surface area contributed by atoms with Crippen molar-refractivity contribution in [2.24, 2.45) is 0 Å². The Balaban J connectivity index is 1.34. The number of quaternary nitrogens is 1. The number of benzene rings is 2. The van der Waals surface area contributed by atoms with Crippen LogP contribution < -0.4 is 9.64 Å². The van der Waals surface area contributed by atoms with Crippen LogP contribution in [0.25, 0.3) is 16.8 Å². The van der Waals surface area contributed by atoms with Crippen molar-refractivity contribution in [3.63, 3.8) is 0 Å². The van der Waals surface area contributed by atoms with Gasteiger partial charge in [-0.15, -0.1) is 11.3 Å². The highest BCUT2D eigenvalue weighted by Crippen LogP contribution is 2.22. The molecule has 0 aliphatic carbocycles. The van der Waals surface area contributed by atoms with Gasteiger partial charge >= 0.3 is 0 Å². The Bertz CT molecular complexity index is 973. The molecule has 1 N–H and O–H groups in total. The maximum atomic E-state index is 12.6. The van der Waals surface area contributed by atoms with Gasteiger partial charge in [-0.3, -0.25) is 4.79 Å². The van der Waals surface area contributed by atoms with E-state index < -0.39 is 0 Å². The molecule has 3 aromatic rings. The highest BCUT2D eigenvalue weighted by molar-refractivity contribution is 7.09. The molecule has 0 saturated carbocycles. The number of hydrogen-bond acceptors (Lipinski definition) is 3. The van der Waals surface area contributed by atoms with Crippen LogP contribution in [0, 0.1) is 0 Å². The van der Waals surface area contributed by atoms with Gasteiger partial charge in [0.1, 0.15) is 12.3 Å². The Labute approximate surface area is 169 Å². The molecule has 2 aromatic carbocycles. The summed E-state index contributed by atoms with van der Waals surface area (Å²) in [6, 6.07) is 16.5. The van der Waals surface area contributed by atoms with E-state index in [1.807, 2.05) is 46.6 Å². The van der Waals surface area contributed by atoms with Crippen molar-refractivity contribution in [2.45, 2.75) is 6.54 Å². The SMILES string of the molecule is COc1ccc2cc(/C=C/C(=O)N3CC[NH+](Cc4cccs4)CC3)ccc2c1. The number of hydrogen-bond donors (Lipinski definition) is 1. The molecule has 0 spiro atoms. The Kier molecular flexibility index (Phi) is 5.74. The molecule has 4 rings (SSSR count). The molecule has 144 valence electrons. The molecule has 0 bridgehead atoms. The first-order chi connectivity index (χ1) is 13.7. The highest BCUT2D eigenvalue weighted by Gasteiger charge is 2.22. The second-order valence-electron chi connectivity index (χ2n) is 7.14. The van der Waals surface area contributed by atoms with E-state index in [2.05, 4.69) is 29.6 Å². The molecule has 1 fully saturated rings. The molecule has 1 aliphatic rings. The quantitative estimate of drug-likeness (QED) is 0.677. The number of methoxy groups -OCH3 is 1. The van der Waals surface area contributed by atoms with Crippen molar-refractivity contribution < 1.29 is 14.4 Å². The van der Waals surface area contributed by atoms with Crippen LogP contribution in [0.4, 0.5) is 0 Å². The molecule has 1 amide bonds. The molecule has 0 atom stereocenters. The number of carbonyl (C=O) groups is 1. The smallest absolute Gasteiger partial charge is 0.246 e. The van der Waals surface area contributed by atoms with Gasteiger partial charge in [-0.1, -0.05) is 24.3 Å². The zero-order valence-corrected chi connectivity index (χ0v) is 16.9. The Morgan fingerprint density at radius 1 is 1.14 bits per heavy atom. The van der Waals surface area contributed by atoms with Gasteiger partial charge in [-0.05, 0) is 52.1 Å². The standard InChI is InChI=1S/C23H24N2O2S/c1-27-21-8-7-19-15-18(4-6-20(19)16-21)5-9-23(26)25-12-10-24(11-13-25)17-22-3-2-14-28-22/h2-9,14-16H,10-13,17H2,1H3/p+1/b9-5+. The van der Waals surface area contributed by atoms with Crippen molar-refractivity contribution in [1.82, 2.24) is 4.90 Å². The van der Waals surface area contributed by atoms with Gasteiger partial charge in [0.05, 0.1) is 38.2 Å². The molecule has 0 radical (unpaired) electrons. The topological polar surface area (TPSA) is 34.0 Å². The van der Waals surface area contributed by atoms with E-state index in [9.17, 15) is 4.79 Å². The van der Waals surface area contributed by atoms with E-state index in [0.717, 1.165) is 54.8 Å². The number of piperazine rings is 1. The summed E-state index contributed by atoms with van der Waals surface area (Å²) in [5, 5.41) is 4.40. The highest BCUT2D eigenvalue weighted by atomic mass is 32.1. The predicted octanol–water partition coefficient (Wildman–Crippen LogP) is 2.85. The fourth-order valence-corrected chi connectivity index (χ4v) is 4.40.